The van der Waals surface area contributed by atoms with Crippen molar-refractivity contribution in [3.8, 4) is 0 Å². The van der Waals surface area contributed by atoms with Gasteiger partial charge in [-0.2, -0.15) is 13.2 Å². The number of halogens is 3. The minimum absolute atomic E-state index is 0.207. The van der Waals surface area contributed by atoms with Gasteiger partial charge in [-0.1, -0.05) is 6.07 Å². The third-order valence-corrected chi connectivity index (χ3v) is 5.59. The molecule has 0 spiro atoms. The fourth-order valence-corrected chi connectivity index (χ4v) is 3.85. The first kappa shape index (κ1) is 24.1. The number of pyridine rings is 1. The maximum absolute atomic E-state index is 13.1. The minimum atomic E-state index is -4.45. The van der Waals surface area contributed by atoms with E-state index in [1.54, 1.807) is 36.7 Å². The number of alkyl halides is 3. The lowest BCUT2D eigenvalue weighted by molar-refractivity contribution is -0.137. The zero-order valence-electron chi connectivity index (χ0n) is 18.7. The number of rotatable bonds is 6. The maximum Gasteiger partial charge on any atom is 0.416 e. The van der Waals surface area contributed by atoms with Crippen molar-refractivity contribution in [2.24, 2.45) is 0 Å². The average molecular weight is 483 g/mol. The van der Waals surface area contributed by atoms with Crippen molar-refractivity contribution in [3.05, 3.63) is 83.7 Å². The number of carbonyl (C=O) groups is 2. The Hall–Kier alpha value is -4.08. The van der Waals surface area contributed by atoms with E-state index in [9.17, 15) is 22.8 Å². The molecule has 1 saturated heterocycles. The number of benzene rings is 2. The Morgan fingerprint density at radius 2 is 1.63 bits per heavy atom. The van der Waals surface area contributed by atoms with E-state index in [1.807, 2.05) is 6.07 Å². The predicted octanol–water partition coefficient (Wildman–Crippen LogP) is 5.27. The zero-order valence-corrected chi connectivity index (χ0v) is 18.7. The quantitative estimate of drug-likeness (QED) is 0.446. The lowest BCUT2D eigenvalue weighted by Crippen LogP contribution is -2.27. The molecule has 0 atom stereocenters. The van der Waals surface area contributed by atoms with E-state index in [-0.39, 0.29) is 11.6 Å². The summed E-state index contributed by atoms with van der Waals surface area (Å²) in [7, 11) is 0. The zero-order chi connectivity index (χ0) is 24.8. The van der Waals surface area contributed by atoms with Crippen molar-refractivity contribution in [1.82, 2.24) is 10.3 Å². The smallest absolute Gasteiger partial charge is 0.371 e. The molecule has 35 heavy (non-hydrogen) atoms. The second-order valence-electron chi connectivity index (χ2n) is 8.12. The molecule has 4 rings (SSSR count). The molecular weight excluding hydrogens is 459 g/mol. The summed E-state index contributed by atoms with van der Waals surface area (Å²) < 4.78 is 38.2. The van der Waals surface area contributed by atoms with Gasteiger partial charge >= 0.3 is 12.2 Å². The SMILES string of the molecule is O=C(Nc1ccc(C(F)(F)F)cc1)Nc1ccc(N2CCCC2)c(C(=O)NCc2cccnc2)c1. The minimum Gasteiger partial charge on any atom is -0.371 e. The maximum atomic E-state index is 13.1. The van der Waals surface area contributed by atoms with Crippen LogP contribution in [0.3, 0.4) is 0 Å². The highest BCUT2D eigenvalue weighted by molar-refractivity contribution is 6.04. The number of nitrogens with zero attached hydrogens (tertiary/aromatic N) is 2. The molecule has 1 aromatic heterocycles. The Bertz CT molecular complexity index is 1180. The first-order valence-corrected chi connectivity index (χ1v) is 11.1. The third kappa shape index (κ3) is 6.28. The van der Waals surface area contributed by atoms with E-state index in [4.69, 9.17) is 0 Å². The Balaban J connectivity index is 1.47. The monoisotopic (exact) mass is 483 g/mol. The van der Waals surface area contributed by atoms with Crippen LogP contribution >= 0.6 is 0 Å². The van der Waals surface area contributed by atoms with E-state index in [0.29, 0.717) is 17.8 Å². The van der Waals surface area contributed by atoms with Gasteiger partial charge in [-0.05, 0) is 66.9 Å². The lowest BCUT2D eigenvalue weighted by atomic mass is 10.1. The molecule has 3 amide bonds. The van der Waals surface area contributed by atoms with Crippen LogP contribution in [0.25, 0.3) is 0 Å². The van der Waals surface area contributed by atoms with Gasteiger partial charge in [0.1, 0.15) is 0 Å². The van der Waals surface area contributed by atoms with Crippen molar-refractivity contribution in [3.63, 3.8) is 0 Å². The Morgan fingerprint density at radius 3 is 2.29 bits per heavy atom. The summed E-state index contributed by atoms with van der Waals surface area (Å²) in [5, 5.41) is 8.03. The summed E-state index contributed by atoms with van der Waals surface area (Å²) in [6.45, 7) is 1.98. The Morgan fingerprint density at radius 1 is 0.943 bits per heavy atom. The Labute approximate surface area is 200 Å². The third-order valence-electron chi connectivity index (χ3n) is 5.59. The second-order valence-corrected chi connectivity index (χ2v) is 8.12. The normalized spacial score (nSPS) is 13.4. The van der Waals surface area contributed by atoms with Crippen molar-refractivity contribution in [1.29, 1.82) is 0 Å². The molecule has 3 aromatic rings. The summed E-state index contributed by atoms with van der Waals surface area (Å²) in [6.07, 6.45) is 0.942. The molecule has 0 unspecified atom stereocenters. The van der Waals surface area contributed by atoms with Crippen LogP contribution in [0.5, 0.6) is 0 Å². The lowest BCUT2D eigenvalue weighted by Gasteiger charge is -2.22. The fraction of sp³-hybridized carbons (Fsp3) is 0.240. The van der Waals surface area contributed by atoms with Gasteiger partial charge in [-0.15, -0.1) is 0 Å². The predicted molar refractivity (Wildman–Crippen MR) is 127 cm³/mol. The summed E-state index contributed by atoms with van der Waals surface area (Å²) in [5.41, 5.74) is 1.84. The van der Waals surface area contributed by atoms with Gasteiger partial charge in [0.25, 0.3) is 5.91 Å². The molecule has 1 aliphatic heterocycles. The summed E-state index contributed by atoms with van der Waals surface area (Å²) >= 11 is 0. The van der Waals surface area contributed by atoms with Gasteiger partial charge in [0.15, 0.2) is 0 Å². The number of carbonyl (C=O) groups excluding carboxylic acids is 2. The van der Waals surface area contributed by atoms with Crippen molar-refractivity contribution in [2.45, 2.75) is 25.6 Å². The summed E-state index contributed by atoms with van der Waals surface area (Å²) in [5.74, 6) is -0.289. The fourth-order valence-electron chi connectivity index (χ4n) is 3.85. The van der Waals surface area contributed by atoms with Crippen LogP contribution in [0.2, 0.25) is 0 Å². The topological polar surface area (TPSA) is 86.4 Å². The standard InChI is InChI=1S/C25H24F3N5O2/c26-25(27,28)18-5-7-19(8-6-18)31-24(35)32-20-9-10-22(33-12-1-2-13-33)21(14-20)23(34)30-16-17-4-3-11-29-15-17/h3-11,14-15H,1-2,12-13,16H2,(H,30,34)(H2,31,32,35). The van der Waals surface area contributed by atoms with Gasteiger partial charge in [-0.25, -0.2) is 4.79 Å². The first-order valence-electron chi connectivity index (χ1n) is 11.1. The number of amides is 3. The molecule has 2 aromatic carbocycles. The van der Waals surface area contributed by atoms with E-state index in [1.165, 1.54) is 12.1 Å². The van der Waals surface area contributed by atoms with Gasteiger partial charge in [-0.3, -0.25) is 9.78 Å². The van der Waals surface area contributed by atoms with Crippen LogP contribution in [0, 0.1) is 0 Å². The first-order chi connectivity index (χ1) is 16.8. The highest BCUT2D eigenvalue weighted by Crippen LogP contribution is 2.30. The van der Waals surface area contributed by atoms with Crippen LogP contribution in [-0.2, 0) is 12.7 Å². The molecule has 182 valence electrons. The Kier molecular flexibility index (Phi) is 7.19. The van der Waals surface area contributed by atoms with Crippen LogP contribution in [-0.4, -0.2) is 30.0 Å². The van der Waals surface area contributed by atoms with Crippen LogP contribution in [0.15, 0.2) is 67.0 Å². The second kappa shape index (κ2) is 10.5. The largest absolute Gasteiger partial charge is 0.416 e. The van der Waals surface area contributed by atoms with E-state index in [0.717, 1.165) is 49.3 Å². The molecule has 0 bridgehead atoms. The number of aromatic nitrogens is 1. The van der Waals surface area contributed by atoms with Gasteiger partial charge in [0, 0.05) is 49.1 Å². The van der Waals surface area contributed by atoms with Crippen LogP contribution in [0.1, 0.15) is 34.3 Å². The summed E-state index contributed by atoms with van der Waals surface area (Å²) in [6, 6.07) is 12.2. The molecule has 0 saturated carbocycles. The molecule has 1 fully saturated rings. The van der Waals surface area contributed by atoms with E-state index >= 15 is 0 Å². The number of hydrogen-bond donors (Lipinski definition) is 3. The van der Waals surface area contributed by atoms with Gasteiger partial charge < -0.3 is 20.9 Å². The van der Waals surface area contributed by atoms with Crippen molar-refractivity contribution < 1.29 is 22.8 Å². The molecule has 2 heterocycles. The highest BCUT2D eigenvalue weighted by Gasteiger charge is 2.30. The number of urea groups is 1. The molecule has 7 nitrogen and oxygen atoms in total. The van der Waals surface area contributed by atoms with Crippen molar-refractivity contribution >= 4 is 29.0 Å². The number of nitrogens with one attached hydrogen (secondary N) is 3. The average Bonchev–Trinajstić information content (AvgIpc) is 3.38. The molecule has 0 aliphatic carbocycles. The molecule has 1 aliphatic rings. The van der Waals surface area contributed by atoms with Crippen LogP contribution < -0.4 is 20.9 Å². The van der Waals surface area contributed by atoms with Gasteiger partial charge in [0.2, 0.25) is 0 Å². The number of anilines is 3. The highest BCUT2D eigenvalue weighted by atomic mass is 19.4. The van der Waals surface area contributed by atoms with Crippen LogP contribution in [0.4, 0.5) is 35.0 Å². The molecule has 3 N–H and O–H groups in total. The number of hydrogen-bond acceptors (Lipinski definition) is 4. The van der Waals surface area contributed by atoms with Crippen molar-refractivity contribution in [2.75, 3.05) is 28.6 Å². The summed E-state index contributed by atoms with van der Waals surface area (Å²) in [4.78, 5) is 31.7. The molecule has 0 radical (unpaired) electrons. The van der Waals surface area contributed by atoms with E-state index in [2.05, 4.69) is 25.8 Å². The van der Waals surface area contributed by atoms with Gasteiger partial charge in [0.05, 0.1) is 11.1 Å². The van der Waals surface area contributed by atoms with E-state index < -0.39 is 17.8 Å². The molecule has 10 heteroatoms. The molecular formula is C25H24F3N5O2.